The molecular formula is C27H31F3N6O4. The van der Waals surface area contributed by atoms with Gasteiger partial charge in [-0.2, -0.15) is 4.98 Å². The Labute approximate surface area is 228 Å². The number of alkyl halides is 3. The number of rotatable bonds is 6. The highest BCUT2D eigenvalue weighted by Crippen LogP contribution is 2.40. The molecule has 10 nitrogen and oxygen atoms in total. The summed E-state index contributed by atoms with van der Waals surface area (Å²) in [6, 6.07) is 7.53. The van der Waals surface area contributed by atoms with Gasteiger partial charge >= 0.3 is 6.36 Å². The first-order valence-corrected chi connectivity index (χ1v) is 13.1. The van der Waals surface area contributed by atoms with Crippen LogP contribution in [0.15, 0.2) is 41.3 Å². The highest BCUT2D eigenvalue weighted by molar-refractivity contribution is 5.94. The zero-order valence-electron chi connectivity index (χ0n) is 22.4. The molecule has 0 spiro atoms. The maximum absolute atomic E-state index is 13.2. The van der Waals surface area contributed by atoms with E-state index < -0.39 is 29.3 Å². The van der Waals surface area contributed by atoms with Gasteiger partial charge in [-0.1, -0.05) is 0 Å². The Bertz CT molecular complexity index is 1470. The number of carbonyl (C=O) groups is 1. The largest absolute Gasteiger partial charge is 0.573 e. The van der Waals surface area contributed by atoms with E-state index in [1.165, 1.54) is 6.20 Å². The van der Waals surface area contributed by atoms with E-state index in [0.29, 0.717) is 37.9 Å². The number of nitrogens with one attached hydrogen (secondary N) is 1. The van der Waals surface area contributed by atoms with Crippen molar-refractivity contribution in [1.29, 1.82) is 0 Å². The molecule has 13 heteroatoms. The first kappa shape index (κ1) is 27.8. The normalized spacial score (nSPS) is 23.7. The Balaban J connectivity index is 1.44. The van der Waals surface area contributed by atoms with Crippen LogP contribution >= 0.6 is 0 Å². The fraction of sp³-hybridized carbons (Fsp3) is 0.481. The summed E-state index contributed by atoms with van der Waals surface area (Å²) in [5, 5.41) is 14.1. The number of carbonyl (C=O) groups excluding carboxylic acids is 1. The molecule has 1 aromatic carbocycles. The molecule has 3 heterocycles. The first-order chi connectivity index (χ1) is 18.8. The van der Waals surface area contributed by atoms with Gasteiger partial charge in [-0.15, -0.1) is 13.2 Å². The van der Waals surface area contributed by atoms with E-state index in [0.717, 1.165) is 22.7 Å². The quantitative estimate of drug-likeness (QED) is 0.466. The van der Waals surface area contributed by atoms with Gasteiger partial charge in [0.2, 0.25) is 11.9 Å². The summed E-state index contributed by atoms with van der Waals surface area (Å²) in [5.74, 6) is -0.747. The van der Waals surface area contributed by atoms with E-state index >= 15 is 0 Å². The number of benzene rings is 1. The predicted molar refractivity (Wildman–Crippen MR) is 143 cm³/mol. The van der Waals surface area contributed by atoms with Crippen molar-refractivity contribution in [3.63, 3.8) is 0 Å². The van der Waals surface area contributed by atoms with Crippen LogP contribution < -0.4 is 20.5 Å². The molecule has 2 fully saturated rings. The predicted octanol–water partition coefficient (Wildman–Crippen LogP) is 3.97. The van der Waals surface area contributed by atoms with E-state index in [2.05, 4.69) is 24.9 Å². The van der Waals surface area contributed by atoms with Crippen LogP contribution in [0.2, 0.25) is 0 Å². The number of halogens is 3. The molecule has 214 valence electrons. The molecule has 2 N–H and O–H groups in total. The van der Waals surface area contributed by atoms with Crippen molar-refractivity contribution in [2.75, 3.05) is 30.9 Å². The number of ether oxygens (including phenoxy) is 1. The molecular weight excluding hydrogens is 529 g/mol. The van der Waals surface area contributed by atoms with Crippen LogP contribution in [0.25, 0.3) is 11.0 Å². The van der Waals surface area contributed by atoms with E-state index in [1.54, 1.807) is 24.0 Å². The van der Waals surface area contributed by atoms with Crippen LogP contribution in [0.1, 0.15) is 45.1 Å². The third kappa shape index (κ3) is 5.61. The second kappa shape index (κ2) is 10.4. The monoisotopic (exact) mass is 560 g/mol. The maximum atomic E-state index is 13.2. The summed E-state index contributed by atoms with van der Waals surface area (Å²) in [6.07, 6.45) is -1.09. The SMILES string of the molecule is CN(C)C1CCN(c2ccc(Nc3ncc4cc(OC(F)(F)F)c(=O)n([C@@H]5CCC[C@@]5(C)O)c4n3)cc2)C(=O)C1. The van der Waals surface area contributed by atoms with Crippen molar-refractivity contribution in [3.05, 3.63) is 46.9 Å². The van der Waals surface area contributed by atoms with Gasteiger partial charge in [-0.25, -0.2) is 4.98 Å². The standard InChI is InChI=1S/C27H31F3N6O4/c1-26(39)11-4-5-21(26)36-23-16(13-20(24(36)38)40-27(28,29)30)15-31-25(33-23)32-17-6-8-18(9-7-17)35-12-10-19(34(2)3)14-22(35)37/h6-9,13,15,19,21,39H,4-5,10-12,14H2,1-3H3,(H,31,32,33)/t19?,21-,26-/m1/s1. The molecule has 40 heavy (non-hydrogen) atoms. The van der Waals surface area contributed by atoms with E-state index in [-0.39, 0.29) is 28.9 Å². The Hall–Kier alpha value is -3.71. The van der Waals surface area contributed by atoms with Gasteiger partial charge < -0.3 is 25.0 Å². The summed E-state index contributed by atoms with van der Waals surface area (Å²) in [4.78, 5) is 38.3. The van der Waals surface area contributed by atoms with Crippen LogP contribution in [0, 0.1) is 0 Å². The zero-order chi connectivity index (χ0) is 28.8. The number of fused-ring (bicyclic) bond motifs is 1. The molecule has 0 radical (unpaired) electrons. The highest BCUT2D eigenvalue weighted by atomic mass is 19.4. The Morgan fingerprint density at radius 1 is 1.18 bits per heavy atom. The van der Waals surface area contributed by atoms with Gasteiger partial charge in [-0.05, 0) is 77.0 Å². The number of amides is 1. The second-order valence-electron chi connectivity index (χ2n) is 10.8. The minimum absolute atomic E-state index is 0.0539. The van der Waals surface area contributed by atoms with Gasteiger partial charge in [0.1, 0.15) is 5.65 Å². The summed E-state index contributed by atoms with van der Waals surface area (Å²) in [7, 11) is 3.93. The molecule has 1 saturated heterocycles. The Morgan fingerprint density at radius 2 is 1.90 bits per heavy atom. The molecule has 2 aliphatic rings. The van der Waals surface area contributed by atoms with Crippen LogP contribution in [-0.4, -0.2) is 69.1 Å². The number of piperidine rings is 1. The van der Waals surface area contributed by atoms with Crippen LogP contribution in [0.4, 0.5) is 30.5 Å². The van der Waals surface area contributed by atoms with Crippen molar-refractivity contribution in [2.45, 2.75) is 63.1 Å². The fourth-order valence-corrected chi connectivity index (χ4v) is 5.56. The fourth-order valence-electron chi connectivity index (χ4n) is 5.56. The lowest BCUT2D eigenvalue weighted by Crippen LogP contribution is -2.45. The smallest absolute Gasteiger partial charge is 0.400 e. The molecule has 2 aromatic heterocycles. The average Bonchev–Trinajstić information content (AvgIpc) is 3.23. The topological polar surface area (TPSA) is 113 Å². The molecule has 1 saturated carbocycles. The van der Waals surface area contributed by atoms with Gasteiger partial charge in [-0.3, -0.25) is 14.2 Å². The maximum Gasteiger partial charge on any atom is 0.573 e. The minimum atomic E-state index is -5.07. The Kier molecular flexibility index (Phi) is 7.21. The summed E-state index contributed by atoms with van der Waals surface area (Å²) in [5.41, 5.74) is -0.899. The Morgan fingerprint density at radius 3 is 2.50 bits per heavy atom. The summed E-state index contributed by atoms with van der Waals surface area (Å²) < 4.78 is 44.2. The van der Waals surface area contributed by atoms with Gasteiger partial charge in [0.05, 0.1) is 11.6 Å². The minimum Gasteiger partial charge on any atom is -0.400 e. The van der Waals surface area contributed by atoms with Gasteiger partial charge in [0, 0.05) is 42.0 Å². The average molecular weight is 561 g/mol. The van der Waals surface area contributed by atoms with E-state index in [4.69, 9.17) is 0 Å². The lowest BCUT2D eigenvalue weighted by Gasteiger charge is -2.34. The molecule has 1 aliphatic heterocycles. The number of pyridine rings is 1. The van der Waals surface area contributed by atoms with Gasteiger partial charge in [0.25, 0.3) is 5.56 Å². The van der Waals surface area contributed by atoms with E-state index in [1.807, 2.05) is 26.2 Å². The van der Waals surface area contributed by atoms with Crippen molar-refractivity contribution in [2.24, 2.45) is 0 Å². The van der Waals surface area contributed by atoms with Crippen LogP contribution in [0.3, 0.4) is 0 Å². The number of aromatic nitrogens is 3. The molecule has 1 unspecified atom stereocenters. The number of hydrogen-bond donors (Lipinski definition) is 2. The lowest BCUT2D eigenvalue weighted by molar-refractivity contribution is -0.275. The van der Waals surface area contributed by atoms with Crippen molar-refractivity contribution < 1.29 is 27.8 Å². The lowest BCUT2D eigenvalue weighted by atomic mass is 10.00. The van der Waals surface area contributed by atoms with E-state index in [9.17, 15) is 27.9 Å². The number of hydrogen-bond acceptors (Lipinski definition) is 8. The molecule has 1 aliphatic carbocycles. The third-order valence-electron chi connectivity index (χ3n) is 7.72. The number of nitrogens with zero attached hydrogens (tertiary/aromatic N) is 5. The van der Waals surface area contributed by atoms with Crippen LogP contribution in [-0.2, 0) is 4.79 Å². The molecule has 5 rings (SSSR count). The zero-order valence-corrected chi connectivity index (χ0v) is 22.4. The summed E-state index contributed by atoms with van der Waals surface area (Å²) >= 11 is 0. The van der Waals surface area contributed by atoms with Crippen molar-refractivity contribution in [1.82, 2.24) is 19.4 Å². The molecule has 1 amide bonds. The third-order valence-corrected chi connectivity index (χ3v) is 7.72. The van der Waals surface area contributed by atoms with Gasteiger partial charge in [0.15, 0.2) is 5.75 Å². The first-order valence-electron chi connectivity index (χ1n) is 13.1. The van der Waals surface area contributed by atoms with Crippen molar-refractivity contribution in [3.8, 4) is 5.75 Å². The number of anilines is 3. The highest BCUT2D eigenvalue weighted by Gasteiger charge is 2.41. The molecule has 3 aromatic rings. The second-order valence-corrected chi connectivity index (χ2v) is 10.8. The number of aliphatic hydroxyl groups is 1. The summed E-state index contributed by atoms with van der Waals surface area (Å²) in [6.45, 7) is 2.17. The molecule has 3 atom stereocenters. The van der Waals surface area contributed by atoms with Crippen LogP contribution in [0.5, 0.6) is 5.75 Å². The van der Waals surface area contributed by atoms with Crippen molar-refractivity contribution >= 4 is 34.3 Å². The molecule has 0 bridgehead atoms.